The number of benzene rings is 2. The lowest BCUT2D eigenvalue weighted by atomic mass is 10.2. The average molecular weight is 457 g/mol. The highest BCUT2D eigenvalue weighted by Crippen LogP contribution is 2.31. The van der Waals surface area contributed by atoms with Crippen molar-refractivity contribution in [3.8, 4) is 11.5 Å². The molecule has 1 aliphatic heterocycles. The van der Waals surface area contributed by atoms with E-state index in [0.717, 1.165) is 28.6 Å². The first-order valence-electron chi connectivity index (χ1n) is 9.07. The average Bonchev–Trinajstić information content (AvgIpc) is 3.03. The Balaban J connectivity index is 1.71. The maximum absolute atomic E-state index is 12.9. The summed E-state index contributed by atoms with van der Waals surface area (Å²) in [6.07, 6.45) is -4.46. The van der Waals surface area contributed by atoms with Crippen LogP contribution < -0.4 is 15.4 Å². The molecule has 0 radical (unpaired) electrons. The summed E-state index contributed by atoms with van der Waals surface area (Å²) in [6, 6.07) is 7.69. The molecule has 2 aromatic rings. The van der Waals surface area contributed by atoms with Crippen molar-refractivity contribution in [3.63, 3.8) is 0 Å². The summed E-state index contributed by atoms with van der Waals surface area (Å²) in [4.78, 5) is 22.9. The van der Waals surface area contributed by atoms with Gasteiger partial charge in [-0.15, -0.1) is 0 Å². The molecular weight excluding hydrogens is 439 g/mol. The number of carbonyl (C=O) groups is 2. The molecule has 0 unspecified atom stereocenters. The first-order valence-corrected chi connectivity index (χ1v) is 10.5. The number of likely N-dealkylation sites (N-methyl/N-ethyl adjacent to an activating group) is 1. The third-order valence-electron chi connectivity index (χ3n) is 4.48. The predicted octanol–water partition coefficient (Wildman–Crippen LogP) is 2.72. The number of rotatable bonds is 7. The van der Waals surface area contributed by atoms with Crippen LogP contribution in [0.5, 0.6) is 11.5 Å². The summed E-state index contributed by atoms with van der Waals surface area (Å²) in [5.74, 6) is -0.232. The summed E-state index contributed by atoms with van der Waals surface area (Å²) in [7, 11) is -3.97. The molecule has 166 valence electrons. The van der Waals surface area contributed by atoms with Crippen LogP contribution in [0.4, 0.5) is 18.0 Å². The van der Waals surface area contributed by atoms with Crippen molar-refractivity contribution in [1.29, 1.82) is 0 Å². The monoisotopic (exact) mass is 457 g/mol. The second-order valence-electron chi connectivity index (χ2n) is 6.57. The lowest BCUT2D eigenvalue weighted by Crippen LogP contribution is -2.44. The third kappa shape index (κ3) is 5.14. The third-order valence-corrected chi connectivity index (χ3v) is 6.43. The molecule has 31 heavy (non-hydrogen) atoms. The van der Waals surface area contributed by atoms with Gasteiger partial charge < -0.3 is 10.1 Å². The number of hydrogen-bond acceptors (Lipinski definition) is 5. The molecule has 1 heterocycles. The fourth-order valence-corrected chi connectivity index (χ4v) is 4.33. The molecule has 8 nitrogen and oxygen atoms in total. The zero-order valence-electron chi connectivity index (χ0n) is 16.1. The van der Waals surface area contributed by atoms with Gasteiger partial charge in [0.1, 0.15) is 17.5 Å². The van der Waals surface area contributed by atoms with Gasteiger partial charge >= 0.3 is 12.2 Å². The molecule has 3 rings (SSSR count). The summed E-state index contributed by atoms with van der Waals surface area (Å²) >= 11 is 0. The Morgan fingerprint density at radius 2 is 1.55 bits per heavy atom. The number of amides is 3. The number of imide groups is 1. The molecule has 0 saturated carbocycles. The van der Waals surface area contributed by atoms with Crippen molar-refractivity contribution in [2.24, 2.45) is 0 Å². The molecule has 1 aliphatic rings. The van der Waals surface area contributed by atoms with Crippen LogP contribution in [-0.4, -0.2) is 43.8 Å². The highest BCUT2D eigenvalue weighted by atomic mass is 32.2. The van der Waals surface area contributed by atoms with E-state index in [4.69, 9.17) is 4.74 Å². The van der Waals surface area contributed by atoms with Crippen molar-refractivity contribution < 1.29 is 35.9 Å². The Labute approximate surface area is 176 Å². The summed E-state index contributed by atoms with van der Waals surface area (Å²) in [5, 5.41) is 4.39. The van der Waals surface area contributed by atoms with Crippen LogP contribution >= 0.6 is 0 Å². The van der Waals surface area contributed by atoms with E-state index >= 15 is 0 Å². The molecule has 1 saturated heterocycles. The number of nitrogens with zero attached hydrogens (tertiary/aromatic N) is 1. The van der Waals surface area contributed by atoms with Crippen molar-refractivity contribution in [1.82, 2.24) is 14.9 Å². The van der Waals surface area contributed by atoms with E-state index in [1.807, 2.05) is 5.32 Å². The van der Waals surface area contributed by atoms with Crippen LogP contribution in [0.3, 0.4) is 0 Å². The first kappa shape index (κ1) is 22.6. The van der Waals surface area contributed by atoms with Crippen LogP contribution in [0.1, 0.15) is 12.5 Å². The molecular formula is C19H18F3N3O5S. The fourth-order valence-electron chi connectivity index (χ4n) is 2.87. The van der Waals surface area contributed by atoms with Gasteiger partial charge in [-0.3, -0.25) is 10.1 Å². The lowest BCUT2D eigenvalue weighted by Gasteiger charge is -2.22. The number of hydrogen-bond donors (Lipinski definition) is 2. The highest BCUT2D eigenvalue weighted by molar-refractivity contribution is 7.89. The molecule has 2 N–H and O–H groups in total. The van der Waals surface area contributed by atoms with E-state index in [-0.39, 0.29) is 29.5 Å². The van der Waals surface area contributed by atoms with Gasteiger partial charge in [0, 0.05) is 13.1 Å². The minimum Gasteiger partial charge on any atom is -0.457 e. The second-order valence-corrected chi connectivity index (χ2v) is 8.50. The molecule has 12 heteroatoms. The number of alkyl halides is 3. The van der Waals surface area contributed by atoms with Crippen LogP contribution in [0.15, 0.2) is 53.4 Å². The number of urea groups is 1. The highest BCUT2D eigenvalue weighted by Gasteiger charge is 2.34. The summed E-state index contributed by atoms with van der Waals surface area (Å²) < 4.78 is 70.1. The largest absolute Gasteiger partial charge is 0.457 e. The normalized spacial score (nSPS) is 16.9. The Bertz CT molecular complexity index is 1070. The number of halogens is 3. The molecule has 1 atom stereocenters. The van der Waals surface area contributed by atoms with Gasteiger partial charge in [0.05, 0.1) is 10.5 Å². The van der Waals surface area contributed by atoms with Crippen molar-refractivity contribution in [3.05, 3.63) is 54.1 Å². The molecule has 0 aliphatic carbocycles. The molecule has 0 bridgehead atoms. The van der Waals surface area contributed by atoms with Crippen molar-refractivity contribution >= 4 is 22.0 Å². The van der Waals surface area contributed by atoms with Crippen LogP contribution in [-0.2, 0) is 21.0 Å². The second kappa shape index (κ2) is 8.55. The Morgan fingerprint density at radius 3 is 2.00 bits per heavy atom. The van der Waals surface area contributed by atoms with Gasteiger partial charge in [0.2, 0.25) is 10.0 Å². The van der Waals surface area contributed by atoms with Gasteiger partial charge in [-0.25, -0.2) is 13.2 Å². The maximum Gasteiger partial charge on any atom is 0.416 e. The Hall–Kier alpha value is -3.12. The van der Waals surface area contributed by atoms with Gasteiger partial charge in [0.25, 0.3) is 5.91 Å². The first-order chi connectivity index (χ1) is 14.5. The molecule has 3 amide bonds. The minimum atomic E-state index is -4.46. The standard InChI is InChI=1S/C19H18F3N3O5S/c1-2-25(11-16-17(26)24-18(27)23-16)31(28,29)15-9-7-14(8-10-15)30-13-5-3-12(4-6-13)19(20,21)22/h3-10,16H,2,11H2,1H3,(H2,23,24,26,27)/t16-/m0/s1. The minimum absolute atomic E-state index is 0.0613. The number of sulfonamides is 1. The van der Waals surface area contributed by atoms with E-state index in [1.165, 1.54) is 24.3 Å². The van der Waals surface area contributed by atoms with Gasteiger partial charge in [-0.2, -0.15) is 17.5 Å². The van der Waals surface area contributed by atoms with E-state index in [9.17, 15) is 31.2 Å². The predicted molar refractivity (Wildman–Crippen MR) is 103 cm³/mol. The summed E-state index contributed by atoms with van der Waals surface area (Å²) in [6.45, 7) is 1.42. The van der Waals surface area contributed by atoms with E-state index < -0.39 is 39.7 Å². The Morgan fingerprint density at radius 1 is 1.00 bits per heavy atom. The molecule has 1 fully saturated rings. The lowest BCUT2D eigenvalue weighted by molar-refractivity contribution is -0.137. The van der Waals surface area contributed by atoms with E-state index in [0.29, 0.717) is 0 Å². The zero-order chi connectivity index (χ0) is 22.8. The van der Waals surface area contributed by atoms with Crippen molar-refractivity contribution in [2.75, 3.05) is 13.1 Å². The number of ether oxygens (including phenoxy) is 1. The number of nitrogens with one attached hydrogen (secondary N) is 2. The van der Waals surface area contributed by atoms with Crippen LogP contribution in [0.2, 0.25) is 0 Å². The molecule has 0 spiro atoms. The van der Waals surface area contributed by atoms with Gasteiger partial charge in [0.15, 0.2) is 0 Å². The zero-order valence-corrected chi connectivity index (χ0v) is 17.0. The van der Waals surface area contributed by atoms with E-state index in [2.05, 4.69) is 5.32 Å². The van der Waals surface area contributed by atoms with Crippen LogP contribution in [0.25, 0.3) is 0 Å². The fraction of sp³-hybridized carbons (Fsp3) is 0.263. The number of carbonyl (C=O) groups excluding carboxylic acids is 2. The summed E-state index contributed by atoms with van der Waals surface area (Å²) in [5.41, 5.74) is -0.812. The smallest absolute Gasteiger partial charge is 0.416 e. The maximum atomic E-state index is 12.9. The topological polar surface area (TPSA) is 105 Å². The van der Waals surface area contributed by atoms with Gasteiger partial charge in [-0.1, -0.05) is 6.92 Å². The van der Waals surface area contributed by atoms with Gasteiger partial charge in [-0.05, 0) is 48.5 Å². The quantitative estimate of drug-likeness (QED) is 0.622. The van der Waals surface area contributed by atoms with Crippen LogP contribution in [0, 0.1) is 0 Å². The Kier molecular flexibility index (Phi) is 6.23. The van der Waals surface area contributed by atoms with E-state index in [1.54, 1.807) is 6.92 Å². The molecule has 2 aromatic carbocycles. The SMILES string of the molecule is CCN(C[C@@H]1NC(=O)NC1=O)S(=O)(=O)c1ccc(Oc2ccc(C(F)(F)F)cc2)cc1. The van der Waals surface area contributed by atoms with Crippen molar-refractivity contribution in [2.45, 2.75) is 24.0 Å². The molecule has 0 aromatic heterocycles.